The number of anilines is 1. The highest BCUT2D eigenvalue weighted by atomic mass is 32.1. The molecule has 0 fully saturated rings. The van der Waals surface area contributed by atoms with Gasteiger partial charge < -0.3 is 5.73 Å². The number of hydrazine groups is 1. The quantitative estimate of drug-likeness (QED) is 0.506. The zero-order chi connectivity index (χ0) is 14.1. The summed E-state index contributed by atoms with van der Waals surface area (Å²) in [4.78, 5) is 8.60. The summed E-state index contributed by atoms with van der Waals surface area (Å²) >= 11 is 1.65. The van der Waals surface area contributed by atoms with Gasteiger partial charge in [0.15, 0.2) is 0 Å². The molecule has 0 bridgehead atoms. The van der Waals surface area contributed by atoms with Crippen LogP contribution in [-0.2, 0) is 0 Å². The Hall–Kier alpha value is -2.02. The van der Waals surface area contributed by atoms with E-state index in [9.17, 15) is 0 Å². The van der Waals surface area contributed by atoms with Crippen molar-refractivity contribution in [2.45, 2.75) is 13.0 Å². The molecule has 3 aromatic heterocycles. The Labute approximate surface area is 120 Å². The second-order valence-electron chi connectivity index (χ2n) is 4.60. The summed E-state index contributed by atoms with van der Waals surface area (Å²) in [6.45, 7) is 1.99. The van der Waals surface area contributed by atoms with Crippen molar-refractivity contribution < 1.29 is 0 Å². The first kappa shape index (κ1) is 13.0. The van der Waals surface area contributed by atoms with Crippen molar-refractivity contribution in [1.29, 1.82) is 0 Å². The van der Waals surface area contributed by atoms with Gasteiger partial charge in [0.25, 0.3) is 0 Å². The van der Waals surface area contributed by atoms with E-state index in [0.29, 0.717) is 5.82 Å². The zero-order valence-electron chi connectivity index (χ0n) is 11.0. The van der Waals surface area contributed by atoms with Crippen molar-refractivity contribution in [2.75, 3.05) is 5.73 Å². The lowest BCUT2D eigenvalue weighted by Crippen LogP contribution is -2.30. The van der Waals surface area contributed by atoms with Gasteiger partial charge in [-0.1, -0.05) is 0 Å². The van der Waals surface area contributed by atoms with Crippen LogP contribution in [0, 0.1) is 6.92 Å². The number of aryl methyl sites for hydroxylation is 1. The van der Waals surface area contributed by atoms with Gasteiger partial charge in [-0.3, -0.25) is 10.8 Å². The number of nitrogens with one attached hydrogen (secondary N) is 1. The first-order valence-corrected chi connectivity index (χ1v) is 7.09. The highest BCUT2D eigenvalue weighted by Crippen LogP contribution is 2.30. The fraction of sp³-hybridized carbons (Fsp3) is 0.143. The van der Waals surface area contributed by atoms with Crippen molar-refractivity contribution in [3.8, 4) is 0 Å². The maximum Gasteiger partial charge on any atom is 0.128 e. The summed E-state index contributed by atoms with van der Waals surface area (Å²) in [6.07, 6.45) is 3.52. The van der Waals surface area contributed by atoms with Crippen LogP contribution in [-0.4, -0.2) is 9.97 Å². The molecule has 0 saturated heterocycles. The molecule has 0 radical (unpaired) electrons. The fourth-order valence-corrected chi connectivity index (χ4v) is 3.12. The Bertz CT molecular complexity index is 732. The van der Waals surface area contributed by atoms with Gasteiger partial charge in [0.1, 0.15) is 5.82 Å². The third-order valence-corrected chi connectivity index (χ3v) is 4.20. The van der Waals surface area contributed by atoms with Crippen LogP contribution >= 0.6 is 11.3 Å². The summed E-state index contributed by atoms with van der Waals surface area (Å²) in [5, 5.41) is 2.02. The van der Waals surface area contributed by atoms with Crippen LogP contribution in [0.5, 0.6) is 0 Å². The molecule has 0 aromatic carbocycles. The van der Waals surface area contributed by atoms with E-state index in [1.807, 2.05) is 30.6 Å². The Morgan fingerprint density at radius 3 is 2.90 bits per heavy atom. The van der Waals surface area contributed by atoms with E-state index in [1.165, 1.54) is 0 Å². The van der Waals surface area contributed by atoms with Crippen LogP contribution in [0.25, 0.3) is 10.2 Å². The smallest absolute Gasteiger partial charge is 0.128 e. The number of nitrogen functional groups attached to an aromatic ring is 1. The van der Waals surface area contributed by atoms with Gasteiger partial charge in [-0.25, -0.2) is 10.4 Å². The highest BCUT2D eigenvalue weighted by Gasteiger charge is 2.19. The highest BCUT2D eigenvalue weighted by molar-refractivity contribution is 7.17. The number of rotatable bonds is 3. The van der Waals surface area contributed by atoms with E-state index in [4.69, 9.17) is 11.6 Å². The summed E-state index contributed by atoms with van der Waals surface area (Å²) in [5.74, 6) is 6.22. The van der Waals surface area contributed by atoms with Gasteiger partial charge in [0.2, 0.25) is 0 Å². The molecule has 0 saturated carbocycles. The van der Waals surface area contributed by atoms with Gasteiger partial charge in [-0.15, -0.1) is 11.3 Å². The fourth-order valence-electron chi connectivity index (χ4n) is 2.33. The molecule has 0 aliphatic rings. The molecule has 5 nitrogen and oxygen atoms in total. The average molecular weight is 285 g/mol. The van der Waals surface area contributed by atoms with Crippen molar-refractivity contribution in [3.63, 3.8) is 0 Å². The number of hydrogen-bond donors (Lipinski definition) is 3. The van der Waals surface area contributed by atoms with Crippen molar-refractivity contribution in [3.05, 3.63) is 52.7 Å². The number of nitrogens with two attached hydrogens (primary N) is 2. The Morgan fingerprint density at radius 2 is 2.15 bits per heavy atom. The van der Waals surface area contributed by atoms with Crippen molar-refractivity contribution in [2.24, 2.45) is 5.84 Å². The van der Waals surface area contributed by atoms with Gasteiger partial charge in [0.05, 0.1) is 16.3 Å². The molecule has 0 aliphatic carbocycles. The largest absolute Gasteiger partial charge is 0.383 e. The standard InChI is InChI=1S/C14H15N5S/c1-8-2-4-17-14(15)12(8)13(19-16)9-6-11-10(18-7-9)3-5-20-11/h2-7,13,19H,16H2,1H3,(H2,15,17). The molecule has 1 atom stereocenters. The lowest BCUT2D eigenvalue weighted by Gasteiger charge is -2.20. The molecule has 0 aliphatic heterocycles. The van der Waals surface area contributed by atoms with Crippen LogP contribution in [0.1, 0.15) is 22.7 Å². The molecule has 3 heterocycles. The lowest BCUT2D eigenvalue weighted by molar-refractivity contribution is 0.632. The summed E-state index contributed by atoms with van der Waals surface area (Å²) in [7, 11) is 0. The molecule has 20 heavy (non-hydrogen) atoms. The number of pyridine rings is 2. The van der Waals surface area contributed by atoms with Gasteiger partial charge in [-0.05, 0) is 41.6 Å². The van der Waals surface area contributed by atoms with Crippen LogP contribution in [0.3, 0.4) is 0 Å². The van der Waals surface area contributed by atoms with Crippen LogP contribution < -0.4 is 17.0 Å². The molecule has 6 heteroatoms. The van der Waals surface area contributed by atoms with Crippen LogP contribution in [0.4, 0.5) is 5.82 Å². The number of thiophene rings is 1. The minimum atomic E-state index is -0.220. The molecular formula is C14H15N5S. The van der Waals surface area contributed by atoms with Gasteiger partial charge >= 0.3 is 0 Å². The SMILES string of the molecule is Cc1ccnc(N)c1C(NN)c1cnc2ccsc2c1. The molecule has 0 spiro atoms. The summed E-state index contributed by atoms with van der Waals surface area (Å²) in [5.41, 5.74) is 12.7. The van der Waals surface area contributed by atoms with E-state index < -0.39 is 0 Å². The van der Waals surface area contributed by atoms with E-state index in [2.05, 4.69) is 21.5 Å². The third-order valence-electron chi connectivity index (χ3n) is 3.35. The van der Waals surface area contributed by atoms with E-state index in [-0.39, 0.29) is 6.04 Å². The Kier molecular flexibility index (Phi) is 3.35. The predicted molar refractivity (Wildman–Crippen MR) is 82.2 cm³/mol. The van der Waals surface area contributed by atoms with Gasteiger partial charge in [0, 0.05) is 18.0 Å². The second-order valence-corrected chi connectivity index (χ2v) is 5.55. The number of aromatic nitrogens is 2. The van der Waals surface area contributed by atoms with Gasteiger partial charge in [-0.2, -0.15) is 0 Å². The molecule has 102 valence electrons. The predicted octanol–water partition coefficient (Wildman–Crippen LogP) is 2.13. The van der Waals surface area contributed by atoms with E-state index in [1.54, 1.807) is 17.5 Å². The van der Waals surface area contributed by atoms with Crippen molar-refractivity contribution in [1.82, 2.24) is 15.4 Å². The molecule has 1 unspecified atom stereocenters. The Balaban J connectivity index is 2.13. The van der Waals surface area contributed by atoms with Crippen molar-refractivity contribution >= 4 is 27.4 Å². The number of fused-ring (bicyclic) bond motifs is 1. The first-order chi connectivity index (χ1) is 9.70. The first-order valence-electron chi connectivity index (χ1n) is 6.21. The van der Waals surface area contributed by atoms with Crippen LogP contribution in [0.15, 0.2) is 36.0 Å². The zero-order valence-corrected chi connectivity index (χ0v) is 11.8. The average Bonchev–Trinajstić information content (AvgIpc) is 2.90. The van der Waals surface area contributed by atoms with Crippen LogP contribution in [0.2, 0.25) is 0 Å². The molecular weight excluding hydrogens is 270 g/mol. The molecule has 5 N–H and O–H groups in total. The minimum absolute atomic E-state index is 0.220. The Morgan fingerprint density at radius 1 is 1.30 bits per heavy atom. The molecule has 3 rings (SSSR count). The summed E-state index contributed by atoms with van der Waals surface area (Å²) < 4.78 is 1.13. The number of hydrogen-bond acceptors (Lipinski definition) is 6. The number of nitrogens with zero attached hydrogens (tertiary/aromatic N) is 2. The molecule has 3 aromatic rings. The normalized spacial score (nSPS) is 12.7. The van der Waals surface area contributed by atoms with E-state index >= 15 is 0 Å². The minimum Gasteiger partial charge on any atom is -0.383 e. The monoisotopic (exact) mass is 285 g/mol. The third kappa shape index (κ3) is 2.14. The topological polar surface area (TPSA) is 89.8 Å². The molecule has 0 amide bonds. The summed E-state index contributed by atoms with van der Waals surface area (Å²) in [6, 6.07) is 5.79. The lowest BCUT2D eigenvalue weighted by atomic mass is 9.97. The second kappa shape index (κ2) is 5.16. The maximum absolute atomic E-state index is 6.00. The van der Waals surface area contributed by atoms with E-state index in [0.717, 1.165) is 26.9 Å². The maximum atomic E-state index is 6.00.